The van der Waals surface area contributed by atoms with Gasteiger partial charge >= 0.3 is 5.97 Å². The van der Waals surface area contributed by atoms with E-state index in [1.807, 2.05) is 24.3 Å². The van der Waals surface area contributed by atoms with Crippen molar-refractivity contribution in [1.29, 1.82) is 0 Å². The Hall–Kier alpha value is -1.33. The van der Waals surface area contributed by atoms with Gasteiger partial charge in [-0.05, 0) is 24.3 Å². The van der Waals surface area contributed by atoms with Crippen molar-refractivity contribution in [1.82, 2.24) is 4.98 Å². The number of benzene rings is 1. The molecule has 0 amide bonds. The van der Waals surface area contributed by atoms with Gasteiger partial charge in [0.15, 0.2) is 0 Å². The standard InChI is InChI=1S/C11H11BrN2O2/c12-7-1-2-9-6(3-7)4-10(14-9)8(5-13)11(15)16/h1-4,8,14H,5,13H2,(H,15,16). The number of H-pyrrole nitrogens is 1. The van der Waals surface area contributed by atoms with Gasteiger partial charge in [-0.2, -0.15) is 0 Å². The average molecular weight is 283 g/mol. The summed E-state index contributed by atoms with van der Waals surface area (Å²) in [5.74, 6) is -1.58. The second-order valence-corrected chi connectivity index (χ2v) is 4.50. The van der Waals surface area contributed by atoms with Gasteiger partial charge in [-0.25, -0.2) is 0 Å². The topological polar surface area (TPSA) is 79.1 Å². The molecule has 16 heavy (non-hydrogen) atoms. The molecule has 0 aliphatic carbocycles. The predicted octanol–water partition coefficient (Wildman–Crippen LogP) is 2.06. The third kappa shape index (κ3) is 1.96. The Bertz CT molecular complexity index is 536. The number of aromatic amines is 1. The first kappa shape index (κ1) is 11.2. The maximum atomic E-state index is 11.0. The molecule has 4 nitrogen and oxygen atoms in total. The lowest BCUT2D eigenvalue weighted by molar-refractivity contribution is -0.138. The van der Waals surface area contributed by atoms with Gasteiger partial charge in [-0.3, -0.25) is 4.79 Å². The molecule has 0 fully saturated rings. The molecule has 1 atom stereocenters. The summed E-state index contributed by atoms with van der Waals surface area (Å²) in [5, 5.41) is 9.97. The third-order valence-corrected chi connectivity index (χ3v) is 3.01. The highest BCUT2D eigenvalue weighted by Crippen LogP contribution is 2.24. The normalized spacial score (nSPS) is 12.9. The van der Waals surface area contributed by atoms with Crippen molar-refractivity contribution >= 4 is 32.8 Å². The molecule has 0 radical (unpaired) electrons. The molecule has 1 aromatic heterocycles. The molecule has 84 valence electrons. The first-order valence-electron chi connectivity index (χ1n) is 4.83. The van der Waals surface area contributed by atoms with Crippen LogP contribution in [-0.4, -0.2) is 22.6 Å². The van der Waals surface area contributed by atoms with Gasteiger partial charge < -0.3 is 15.8 Å². The maximum Gasteiger partial charge on any atom is 0.313 e. The quantitative estimate of drug-likeness (QED) is 0.806. The fourth-order valence-corrected chi connectivity index (χ4v) is 2.05. The zero-order valence-electron chi connectivity index (χ0n) is 8.40. The number of carbonyl (C=O) groups is 1. The van der Waals surface area contributed by atoms with Crippen molar-refractivity contribution in [3.63, 3.8) is 0 Å². The smallest absolute Gasteiger partial charge is 0.313 e. The van der Waals surface area contributed by atoms with Gasteiger partial charge in [0.25, 0.3) is 0 Å². The number of fused-ring (bicyclic) bond motifs is 1. The number of carboxylic acids is 1. The van der Waals surface area contributed by atoms with Gasteiger partial charge in [0.2, 0.25) is 0 Å². The Labute approximate surface area is 101 Å². The Morgan fingerprint density at radius 3 is 2.88 bits per heavy atom. The van der Waals surface area contributed by atoms with Crippen LogP contribution >= 0.6 is 15.9 Å². The van der Waals surface area contributed by atoms with Gasteiger partial charge in [-0.1, -0.05) is 15.9 Å². The molecule has 0 bridgehead atoms. The van der Waals surface area contributed by atoms with E-state index in [1.54, 1.807) is 0 Å². The minimum absolute atomic E-state index is 0.0866. The van der Waals surface area contributed by atoms with Crippen molar-refractivity contribution in [3.8, 4) is 0 Å². The summed E-state index contributed by atoms with van der Waals surface area (Å²) in [6, 6.07) is 7.57. The Kier molecular flexibility index (Phi) is 2.98. The number of aromatic nitrogens is 1. The lowest BCUT2D eigenvalue weighted by Gasteiger charge is -2.05. The van der Waals surface area contributed by atoms with Gasteiger partial charge in [-0.15, -0.1) is 0 Å². The lowest BCUT2D eigenvalue weighted by Crippen LogP contribution is -2.21. The van der Waals surface area contributed by atoms with Crippen LogP contribution in [-0.2, 0) is 4.79 Å². The number of rotatable bonds is 3. The predicted molar refractivity (Wildman–Crippen MR) is 65.4 cm³/mol. The number of hydrogen-bond donors (Lipinski definition) is 3. The highest BCUT2D eigenvalue weighted by atomic mass is 79.9. The second kappa shape index (κ2) is 4.27. The van der Waals surface area contributed by atoms with E-state index >= 15 is 0 Å². The first-order valence-corrected chi connectivity index (χ1v) is 5.62. The third-order valence-electron chi connectivity index (χ3n) is 2.51. The summed E-state index contributed by atoms with van der Waals surface area (Å²) in [7, 11) is 0. The summed E-state index contributed by atoms with van der Waals surface area (Å²) >= 11 is 3.37. The molecule has 0 spiro atoms. The van der Waals surface area contributed by atoms with Crippen LogP contribution in [0.5, 0.6) is 0 Å². The summed E-state index contributed by atoms with van der Waals surface area (Å²) in [6.07, 6.45) is 0. The van der Waals surface area contributed by atoms with Gasteiger partial charge in [0.1, 0.15) is 5.92 Å². The number of hydrogen-bond acceptors (Lipinski definition) is 2. The molecule has 4 N–H and O–H groups in total. The van der Waals surface area contributed by atoms with E-state index in [1.165, 1.54) is 0 Å². The molecular formula is C11H11BrN2O2. The molecule has 5 heteroatoms. The van der Waals surface area contributed by atoms with Gasteiger partial charge in [0.05, 0.1) is 0 Å². The summed E-state index contributed by atoms with van der Waals surface area (Å²) in [6.45, 7) is 0.0866. The van der Waals surface area contributed by atoms with Crippen molar-refractivity contribution < 1.29 is 9.90 Å². The molecule has 0 aliphatic heterocycles. The first-order chi connectivity index (χ1) is 7.61. The van der Waals surface area contributed by atoms with E-state index in [0.29, 0.717) is 5.69 Å². The molecular weight excluding hydrogens is 272 g/mol. The van der Waals surface area contributed by atoms with E-state index < -0.39 is 11.9 Å². The van der Waals surface area contributed by atoms with Crippen molar-refractivity contribution in [3.05, 3.63) is 34.4 Å². The zero-order valence-corrected chi connectivity index (χ0v) is 9.99. The van der Waals surface area contributed by atoms with Crippen LogP contribution in [0.2, 0.25) is 0 Å². The van der Waals surface area contributed by atoms with Crippen molar-refractivity contribution in [2.45, 2.75) is 5.92 Å². The van der Waals surface area contributed by atoms with Crippen LogP contribution in [0, 0.1) is 0 Å². The largest absolute Gasteiger partial charge is 0.481 e. The zero-order chi connectivity index (χ0) is 11.7. The summed E-state index contributed by atoms with van der Waals surface area (Å²) < 4.78 is 0.963. The highest BCUT2D eigenvalue weighted by molar-refractivity contribution is 9.10. The summed E-state index contributed by atoms with van der Waals surface area (Å²) in [4.78, 5) is 14.0. The number of nitrogens with two attached hydrogens (primary N) is 1. The number of carboxylic acid groups (broad SMARTS) is 1. The number of aliphatic carboxylic acids is 1. The van der Waals surface area contributed by atoms with Crippen LogP contribution in [0.25, 0.3) is 10.9 Å². The van der Waals surface area contributed by atoms with Crippen LogP contribution < -0.4 is 5.73 Å². The maximum absolute atomic E-state index is 11.0. The molecule has 0 aliphatic rings. The van der Waals surface area contributed by atoms with E-state index in [-0.39, 0.29) is 6.54 Å². The van der Waals surface area contributed by atoms with Crippen molar-refractivity contribution in [2.75, 3.05) is 6.54 Å². The molecule has 2 rings (SSSR count). The molecule has 1 aromatic carbocycles. The molecule has 0 saturated carbocycles. The van der Waals surface area contributed by atoms with Crippen molar-refractivity contribution in [2.24, 2.45) is 5.73 Å². The minimum atomic E-state index is -0.909. The molecule has 1 heterocycles. The van der Waals surface area contributed by atoms with E-state index in [9.17, 15) is 4.79 Å². The number of halogens is 1. The Morgan fingerprint density at radius 2 is 2.25 bits per heavy atom. The Balaban J connectivity index is 2.49. The molecule has 2 aromatic rings. The van der Waals surface area contributed by atoms with Crippen LogP contribution in [0.1, 0.15) is 11.6 Å². The summed E-state index contributed by atoms with van der Waals surface area (Å²) in [5.41, 5.74) is 7.00. The fourth-order valence-electron chi connectivity index (χ4n) is 1.67. The monoisotopic (exact) mass is 282 g/mol. The van der Waals surface area contributed by atoms with E-state index in [0.717, 1.165) is 15.4 Å². The fraction of sp³-hybridized carbons (Fsp3) is 0.182. The van der Waals surface area contributed by atoms with E-state index in [2.05, 4.69) is 20.9 Å². The number of nitrogens with one attached hydrogen (secondary N) is 1. The van der Waals surface area contributed by atoms with Crippen LogP contribution in [0.3, 0.4) is 0 Å². The molecule has 1 unspecified atom stereocenters. The van der Waals surface area contributed by atoms with E-state index in [4.69, 9.17) is 10.8 Å². The van der Waals surface area contributed by atoms with Crippen LogP contribution in [0.4, 0.5) is 0 Å². The SMILES string of the molecule is NCC(C(=O)O)c1cc2cc(Br)ccc2[nH]1. The minimum Gasteiger partial charge on any atom is -0.481 e. The average Bonchev–Trinajstić information content (AvgIpc) is 2.60. The Morgan fingerprint density at radius 1 is 1.50 bits per heavy atom. The lowest BCUT2D eigenvalue weighted by atomic mass is 10.1. The molecule has 0 saturated heterocycles. The second-order valence-electron chi connectivity index (χ2n) is 3.58. The van der Waals surface area contributed by atoms with Gasteiger partial charge in [0, 0.05) is 27.6 Å². The van der Waals surface area contributed by atoms with Crippen LogP contribution in [0.15, 0.2) is 28.7 Å². The highest BCUT2D eigenvalue weighted by Gasteiger charge is 2.19.